The highest BCUT2D eigenvalue weighted by molar-refractivity contribution is 5.67. The van der Waals surface area contributed by atoms with Gasteiger partial charge in [0.15, 0.2) is 0 Å². The van der Waals surface area contributed by atoms with Crippen LogP contribution in [0.3, 0.4) is 0 Å². The van der Waals surface area contributed by atoms with Gasteiger partial charge in [-0.05, 0) is 20.8 Å². The van der Waals surface area contributed by atoms with Crippen LogP contribution in [0.4, 0.5) is 4.79 Å². The molecule has 0 spiro atoms. The van der Waals surface area contributed by atoms with Gasteiger partial charge in [0.1, 0.15) is 11.4 Å². The van der Waals surface area contributed by atoms with Crippen LogP contribution in [0, 0.1) is 0 Å². The molecule has 3 N–H and O–H groups in total. The minimum absolute atomic E-state index is 0.427. The summed E-state index contributed by atoms with van der Waals surface area (Å²) in [7, 11) is 0. The number of carbonyl (C=O) groups excluding carboxylic acids is 1. The molecule has 0 saturated carbocycles. The average molecular weight is 252 g/mol. The zero-order valence-electron chi connectivity index (χ0n) is 11.1. The van der Waals surface area contributed by atoms with Gasteiger partial charge in [-0.15, -0.1) is 0 Å². The molecule has 0 atom stereocenters. The van der Waals surface area contributed by atoms with Gasteiger partial charge in [0.2, 0.25) is 0 Å². The summed E-state index contributed by atoms with van der Waals surface area (Å²) in [6, 6.07) is 0. The number of hydrogen-bond donors (Lipinski definition) is 2. The number of hydrogen-bond acceptors (Lipinski definition) is 5. The van der Waals surface area contributed by atoms with E-state index in [2.05, 4.69) is 15.3 Å². The Hall–Kier alpha value is -1.69. The molecule has 1 aromatic rings. The number of ether oxygens (including phenoxy) is 1. The standard InChI is InChI=1S/C12H20N4O2/c1-12(2,3)18-11(17)14-5-4-10-15-7-9(6-13)8-16-10/h7-8H,4-6,13H2,1-3H3,(H,14,17). The number of carbonyl (C=O) groups is 1. The van der Waals surface area contributed by atoms with E-state index in [1.165, 1.54) is 0 Å². The second-order valence-electron chi connectivity index (χ2n) is 4.89. The molecule has 0 aliphatic carbocycles. The molecule has 0 saturated heterocycles. The Morgan fingerprint density at radius 1 is 1.39 bits per heavy atom. The number of aromatic nitrogens is 2. The number of alkyl carbamates (subject to hydrolysis) is 1. The van der Waals surface area contributed by atoms with E-state index in [1.807, 2.05) is 20.8 Å². The van der Waals surface area contributed by atoms with Crippen molar-refractivity contribution < 1.29 is 9.53 Å². The summed E-state index contributed by atoms with van der Waals surface area (Å²) in [6.07, 6.45) is 3.51. The van der Waals surface area contributed by atoms with E-state index in [0.29, 0.717) is 25.3 Å². The van der Waals surface area contributed by atoms with Crippen molar-refractivity contribution in [2.24, 2.45) is 5.73 Å². The molecule has 1 amide bonds. The summed E-state index contributed by atoms with van der Waals surface area (Å²) in [5.74, 6) is 0.670. The van der Waals surface area contributed by atoms with E-state index in [1.54, 1.807) is 12.4 Å². The van der Waals surface area contributed by atoms with Gasteiger partial charge in [-0.1, -0.05) is 0 Å². The fraction of sp³-hybridized carbons (Fsp3) is 0.583. The van der Waals surface area contributed by atoms with E-state index in [0.717, 1.165) is 5.56 Å². The first-order valence-corrected chi connectivity index (χ1v) is 5.87. The summed E-state index contributed by atoms with van der Waals surface area (Å²) >= 11 is 0. The minimum atomic E-state index is -0.483. The predicted octanol–water partition coefficient (Wildman–Crippen LogP) is 1.00. The van der Waals surface area contributed by atoms with Gasteiger partial charge in [-0.3, -0.25) is 0 Å². The fourth-order valence-corrected chi connectivity index (χ4v) is 1.21. The van der Waals surface area contributed by atoms with Crippen LogP contribution in [0.1, 0.15) is 32.2 Å². The fourth-order valence-electron chi connectivity index (χ4n) is 1.21. The summed E-state index contributed by atoms with van der Waals surface area (Å²) in [4.78, 5) is 19.6. The summed E-state index contributed by atoms with van der Waals surface area (Å²) in [6.45, 7) is 6.33. The van der Waals surface area contributed by atoms with Crippen LogP contribution in [-0.4, -0.2) is 28.2 Å². The zero-order chi connectivity index (χ0) is 13.6. The van der Waals surface area contributed by atoms with E-state index < -0.39 is 11.7 Å². The van der Waals surface area contributed by atoms with Crippen LogP contribution in [-0.2, 0) is 17.7 Å². The number of rotatable bonds is 4. The van der Waals surface area contributed by atoms with Crippen molar-refractivity contribution in [2.75, 3.05) is 6.54 Å². The van der Waals surface area contributed by atoms with Gasteiger partial charge >= 0.3 is 6.09 Å². The third-order valence-corrected chi connectivity index (χ3v) is 2.01. The lowest BCUT2D eigenvalue weighted by Gasteiger charge is -2.19. The molecule has 0 fully saturated rings. The number of nitrogens with one attached hydrogen (secondary N) is 1. The molecule has 1 rings (SSSR count). The SMILES string of the molecule is CC(C)(C)OC(=O)NCCc1ncc(CN)cn1. The maximum absolute atomic E-state index is 11.4. The van der Waals surface area contributed by atoms with E-state index in [-0.39, 0.29) is 0 Å². The molecule has 6 heteroatoms. The van der Waals surface area contributed by atoms with Gasteiger partial charge < -0.3 is 15.8 Å². The highest BCUT2D eigenvalue weighted by Crippen LogP contribution is 2.06. The van der Waals surface area contributed by atoms with Crippen molar-refractivity contribution in [1.29, 1.82) is 0 Å². The van der Waals surface area contributed by atoms with E-state index in [4.69, 9.17) is 10.5 Å². The van der Waals surface area contributed by atoms with E-state index >= 15 is 0 Å². The van der Waals surface area contributed by atoms with Crippen LogP contribution in [0.25, 0.3) is 0 Å². The molecule has 100 valence electrons. The monoisotopic (exact) mass is 252 g/mol. The quantitative estimate of drug-likeness (QED) is 0.834. The first-order valence-electron chi connectivity index (χ1n) is 5.87. The lowest BCUT2D eigenvalue weighted by atomic mass is 10.2. The Morgan fingerprint density at radius 2 is 2.00 bits per heavy atom. The number of amides is 1. The Morgan fingerprint density at radius 3 is 2.50 bits per heavy atom. The summed E-state index contributed by atoms with van der Waals surface area (Å²) in [5, 5.41) is 2.65. The van der Waals surface area contributed by atoms with Gasteiger partial charge in [0, 0.05) is 37.5 Å². The van der Waals surface area contributed by atoms with Crippen LogP contribution in [0.2, 0.25) is 0 Å². The second-order valence-corrected chi connectivity index (χ2v) is 4.89. The lowest BCUT2D eigenvalue weighted by Crippen LogP contribution is -2.33. The molecule has 0 aliphatic heterocycles. The molecular weight excluding hydrogens is 232 g/mol. The molecule has 0 unspecified atom stereocenters. The van der Waals surface area contributed by atoms with E-state index in [9.17, 15) is 4.79 Å². The summed E-state index contributed by atoms with van der Waals surface area (Å²) in [5.41, 5.74) is 5.85. The molecule has 0 aromatic carbocycles. The second kappa shape index (κ2) is 6.30. The van der Waals surface area contributed by atoms with Gasteiger partial charge in [-0.2, -0.15) is 0 Å². The predicted molar refractivity (Wildman–Crippen MR) is 67.9 cm³/mol. The minimum Gasteiger partial charge on any atom is -0.444 e. The van der Waals surface area contributed by atoms with Crippen LogP contribution >= 0.6 is 0 Å². The van der Waals surface area contributed by atoms with Crippen LogP contribution < -0.4 is 11.1 Å². The Labute approximate surface area is 107 Å². The Kier molecular flexibility index (Phi) is 5.03. The van der Waals surface area contributed by atoms with Crippen molar-refractivity contribution >= 4 is 6.09 Å². The highest BCUT2D eigenvalue weighted by Gasteiger charge is 2.15. The number of nitrogens with zero attached hydrogens (tertiary/aromatic N) is 2. The molecule has 0 aliphatic rings. The largest absolute Gasteiger partial charge is 0.444 e. The average Bonchev–Trinajstić information content (AvgIpc) is 2.27. The highest BCUT2D eigenvalue weighted by atomic mass is 16.6. The van der Waals surface area contributed by atoms with Crippen molar-refractivity contribution in [3.63, 3.8) is 0 Å². The normalized spacial score (nSPS) is 11.1. The van der Waals surface area contributed by atoms with Crippen molar-refractivity contribution in [3.8, 4) is 0 Å². The lowest BCUT2D eigenvalue weighted by molar-refractivity contribution is 0.0528. The Bertz CT molecular complexity index is 384. The van der Waals surface area contributed by atoms with Gasteiger partial charge in [-0.25, -0.2) is 14.8 Å². The summed E-state index contributed by atoms with van der Waals surface area (Å²) < 4.78 is 5.10. The van der Waals surface area contributed by atoms with Gasteiger partial charge in [0.25, 0.3) is 0 Å². The molecular formula is C12H20N4O2. The van der Waals surface area contributed by atoms with Crippen molar-refractivity contribution in [2.45, 2.75) is 39.3 Å². The molecule has 0 bridgehead atoms. The first-order chi connectivity index (χ1) is 8.40. The molecule has 0 radical (unpaired) electrons. The Balaban J connectivity index is 2.30. The smallest absolute Gasteiger partial charge is 0.407 e. The third-order valence-electron chi connectivity index (χ3n) is 2.01. The molecule has 18 heavy (non-hydrogen) atoms. The van der Waals surface area contributed by atoms with Crippen LogP contribution in [0.15, 0.2) is 12.4 Å². The molecule has 1 aromatic heterocycles. The maximum atomic E-state index is 11.4. The van der Waals surface area contributed by atoms with Crippen molar-refractivity contribution in [3.05, 3.63) is 23.8 Å². The maximum Gasteiger partial charge on any atom is 0.407 e. The molecule has 1 heterocycles. The zero-order valence-corrected chi connectivity index (χ0v) is 11.1. The number of nitrogens with two attached hydrogens (primary N) is 1. The first kappa shape index (κ1) is 14.4. The van der Waals surface area contributed by atoms with Crippen LogP contribution in [0.5, 0.6) is 0 Å². The van der Waals surface area contributed by atoms with Crippen molar-refractivity contribution in [1.82, 2.24) is 15.3 Å². The van der Waals surface area contributed by atoms with Gasteiger partial charge in [0.05, 0.1) is 0 Å². The molecule has 6 nitrogen and oxygen atoms in total. The third kappa shape index (κ3) is 5.58. The topological polar surface area (TPSA) is 90.1 Å².